The second-order valence-corrected chi connectivity index (χ2v) is 6.78. The van der Waals surface area contributed by atoms with Gasteiger partial charge >= 0.3 is 6.03 Å². The molecule has 2 aliphatic rings. The molecule has 0 radical (unpaired) electrons. The molecule has 134 valence electrons. The van der Waals surface area contributed by atoms with Gasteiger partial charge in [0.05, 0.1) is 0 Å². The second kappa shape index (κ2) is 6.09. The molecule has 1 heterocycles. The van der Waals surface area contributed by atoms with E-state index in [0.717, 1.165) is 29.9 Å². The smallest absolute Gasteiger partial charge is 0.325 e. The SMILES string of the molecule is CN(Cc1ccc(F)cc1F)C(=O)CN1C(=O)NC(C)(C2CC2)C1=O. The molecule has 1 aliphatic carbocycles. The van der Waals surface area contributed by atoms with Gasteiger partial charge in [0.25, 0.3) is 5.91 Å². The van der Waals surface area contributed by atoms with Crippen molar-refractivity contribution in [2.75, 3.05) is 13.6 Å². The molecule has 25 heavy (non-hydrogen) atoms. The maximum Gasteiger partial charge on any atom is 0.325 e. The van der Waals surface area contributed by atoms with Gasteiger partial charge in [-0.3, -0.25) is 14.5 Å². The van der Waals surface area contributed by atoms with Gasteiger partial charge in [-0.05, 0) is 31.7 Å². The molecule has 2 fully saturated rings. The molecule has 1 unspecified atom stereocenters. The number of halogens is 2. The maximum absolute atomic E-state index is 13.7. The number of nitrogens with one attached hydrogen (secondary N) is 1. The van der Waals surface area contributed by atoms with E-state index in [9.17, 15) is 23.2 Å². The zero-order valence-corrected chi connectivity index (χ0v) is 14.0. The van der Waals surface area contributed by atoms with Crippen LogP contribution in [0.1, 0.15) is 25.3 Å². The van der Waals surface area contributed by atoms with E-state index in [2.05, 4.69) is 5.32 Å². The van der Waals surface area contributed by atoms with Crippen molar-refractivity contribution in [3.63, 3.8) is 0 Å². The molecule has 1 aromatic carbocycles. The Kier molecular flexibility index (Phi) is 4.22. The molecule has 0 bridgehead atoms. The van der Waals surface area contributed by atoms with Crippen LogP contribution in [0.3, 0.4) is 0 Å². The Balaban J connectivity index is 1.65. The number of hydrogen-bond acceptors (Lipinski definition) is 3. The fourth-order valence-corrected chi connectivity index (χ4v) is 3.05. The fourth-order valence-electron chi connectivity index (χ4n) is 3.05. The number of hydrogen-bond donors (Lipinski definition) is 1. The number of imide groups is 1. The average Bonchev–Trinajstić information content (AvgIpc) is 3.36. The Morgan fingerprint density at radius 1 is 1.36 bits per heavy atom. The lowest BCUT2D eigenvalue weighted by Gasteiger charge is -2.22. The van der Waals surface area contributed by atoms with Crippen molar-refractivity contribution in [2.45, 2.75) is 31.8 Å². The highest BCUT2D eigenvalue weighted by Crippen LogP contribution is 2.42. The normalized spacial score (nSPS) is 23.0. The first kappa shape index (κ1) is 17.3. The second-order valence-electron chi connectivity index (χ2n) is 6.78. The summed E-state index contributed by atoms with van der Waals surface area (Å²) < 4.78 is 26.6. The summed E-state index contributed by atoms with van der Waals surface area (Å²) >= 11 is 0. The third-order valence-corrected chi connectivity index (χ3v) is 4.84. The van der Waals surface area contributed by atoms with Gasteiger partial charge in [0.15, 0.2) is 0 Å². The molecular weight excluding hydrogens is 332 g/mol. The number of benzene rings is 1. The molecule has 0 aromatic heterocycles. The van der Waals surface area contributed by atoms with Gasteiger partial charge in [-0.2, -0.15) is 0 Å². The molecule has 4 amide bonds. The van der Waals surface area contributed by atoms with E-state index >= 15 is 0 Å². The van der Waals surface area contributed by atoms with Crippen LogP contribution >= 0.6 is 0 Å². The van der Waals surface area contributed by atoms with Crippen molar-refractivity contribution in [3.8, 4) is 0 Å². The molecule has 3 rings (SSSR count). The maximum atomic E-state index is 13.7. The molecule has 1 saturated heterocycles. The van der Waals surface area contributed by atoms with Gasteiger partial charge in [0.1, 0.15) is 23.7 Å². The summed E-state index contributed by atoms with van der Waals surface area (Å²) in [7, 11) is 1.43. The predicted molar refractivity (Wildman–Crippen MR) is 84.2 cm³/mol. The lowest BCUT2D eigenvalue weighted by molar-refractivity contribution is -0.138. The quantitative estimate of drug-likeness (QED) is 0.820. The van der Waals surface area contributed by atoms with E-state index < -0.39 is 41.6 Å². The molecule has 1 saturated carbocycles. The van der Waals surface area contributed by atoms with E-state index in [1.165, 1.54) is 18.0 Å². The summed E-state index contributed by atoms with van der Waals surface area (Å²) in [6.07, 6.45) is 1.74. The first-order chi connectivity index (χ1) is 11.7. The fraction of sp³-hybridized carbons (Fsp3) is 0.471. The largest absolute Gasteiger partial charge is 0.340 e. The number of urea groups is 1. The molecule has 1 aliphatic heterocycles. The third-order valence-electron chi connectivity index (χ3n) is 4.84. The number of carbonyl (C=O) groups excluding carboxylic acids is 3. The van der Waals surface area contributed by atoms with Crippen molar-refractivity contribution in [3.05, 3.63) is 35.4 Å². The zero-order chi connectivity index (χ0) is 18.4. The van der Waals surface area contributed by atoms with Crippen LogP contribution in [0.5, 0.6) is 0 Å². The topological polar surface area (TPSA) is 69.7 Å². The Labute approximate surface area is 143 Å². The van der Waals surface area contributed by atoms with Crippen LogP contribution in [0, 0.1) is 17.6 Å². The molecule has 6 nitrogen and oxygen atoms in total. The first-order valence-electron chi connectivity index (χ1n) is 8.04. The summed E-state index contributed by atoms with van der Waals surface area (Å²) in [4.78, 5) is 39.0. The van der Waals surface area contributed by atoms with Crippen LogP contribution in [0.25, 0.3) is 0 Å². The highest BCUT2D eigenvalue weighted by Gasteiger charge is 2.56. The van der Waals surface area contributed by atoms with Gasteiger partial charge in [-0.15, -0.1) is 0 Å². The van der Waals surface area contributed by atoms with Gasteiger partial charge in [0.2, 0.25) is 5.91 Å². The summed E-state index contributed by atoms with van der Waals surface area (Å²) in [5, 5.41) is 2.67. The van der Waals surface area contributed by atoms with Gasteiger partial charge < -0.3 is 10.2 Å². The molecule has 1 aromatic rings. The van der Waals surface area contributed by atoms with E-state index in [1.54, 1.807) is 6.92 Å². The minimum Gasteiger partial charge on any atom is -0.340 e. The van der Waals surface area contributed by atoms with Crippen molar-refractivity contribution < 1.29 is 23.2 Å². The summed E-state index contributed by atoms with van der Waals surface area (Å²) in [6.45, 7) is 1.17. The van der Waals surface area contributed by atoms with Crippen LogP contribution in [0.15, 0.2) is 18.2 Å². The Morgan fingerprint density at radius 3 is 2.64 bits per heavy atom. The number of nitrogens with zero attached hydrogens (tertiary/aromatic N) is 2. The van der Waals surface area contributed by atoms with E-state index in [1.807, 2.05) is 0 Å². The highest BCUT2D eigenvalue weighted by molar-refractivity contribution is 6.09. The monoisotopic (exact) mass is 351 g/mol. The summed E-state index contributed by atoms with van der Waals surface area (Å²) in [6, 6.07) is 2.52. The van der Waals surface area contributed by atoms with Crippen LogP contribution < -0.4 is 5.32 Å². The standard InChI is InChI=1S/C17H19F2N3O3/c1-17(11-4-5-11)15(24)22(16(25)20-17)9-14(23)21(2)8-10-3-6-12(18)7-13(10)19/h3,6-7,11H,4-5,8-9H2,1-2H3,(H,20,25). The van der Waals surface area contributed by atoms with Crippen LogP contribution in [0.2, 0.25) is 0 Å². The molecule has 1 N–H and O–H groups in total. The lowest BCUT2D eigenvalue weighted by atomic mass is 9.96. The van der Waals surface area contributed by atoms with Crippen LogP contribution in [-0.4, -0.2) is 46.8 Å². The Bertz CT molecular complexity index is 751. The first-order valence-corrected chi connectivity index (χ1v) is 8.04. The van der Waals surface area contributed by atoms with Crippen molar-refractivity contribution >= 4 is 17.8 Å². The van der Waals surface area contributed by atoms with Crippen molar-refractivity contribution in [1.82, 2.24) is 15.1 Å². The molecule has 0 spiro atoms. The highest BCUT2D eigenvalue weighted by atomic mass is 19.1. The summed E-state index contributed by atoms with van der Waals surface area (Å²) in [5.41, 5.74) is -0.795. The van der Waals surface area contributed by atoms with Crippen LogP contribution in [-0.2, 0) is 16.1 Å². The van der Waals surface area contributed by atoms with Gasteiger partial charge in [-0.25, -0.2) is 13.6 Å². The minimum absolute atomic E-state index is 0.0888. The zero-order valence-electron chi connectivity index (χ0n) is 14.0. The van der Waals surface area contributed by atoms with Gasteiger partial charge in [0, 0.05) is 25.2 Å². The Hall–Kier alpha value is -2.51. The third kappa shape index (κ3) is 3.20. The Morgan fingerprint density at radius 2 is 2.04 bits per heavy atom. The number of rotatable bonds is 5. The van der Waals surface area contributed by atoms with E-state index in [4.69, 9.17) is 0 Å². The predicted octanol–water partition coefficient (Wildman–Crippen LogP) is 1.64. The van der Waals surface area contributed by atoms with E-state index in [-0.39, 0.29) is 18.0 Å². The molecule has 8 heteroatoms. The number of carbonyl (C=O) groups is 3. The number of likely N-dealkylation sites (N-methyl/N-ethyl adjacent to an activating group) is 1. The average molecular weight is 351 g/mol. The summed E-state index contributed by atoms with van der Waals surface area (Å²) in [5.74, 6) is -2.26. The van der Waals surface area contributed by atoms with Gasteiger partial charge in [-0.1, -0.05) is 6.07 Å². The van der Waals surface area contributed by atoms with Crippen LogP contribution in [0.4, 0.5) is 13.6 Å². The van der Waals surface area contributed by atoms with E-state index in [0.29, 0.717) is 0 Å². The minimum atomic E-state index is -0.945. The lowest BCUT2D eigenvalue weighted by Crippen LogP contribution is -2.47. The number of amides is 4. The van der Waals surface area contributed by atoms with Crippen molar-refractivity contribution in [1.29, 1.82) is 0 Å². The molecule has 1 atom stereocenters. The molecular formula is C17H19F2N3O3. The van der Waals surface area contributed by atoms with Crippen molar-refractivity contribution in [2.24, 2.45) is 5.92 Å².